The molecular weight excluding hydrogens is 669 g/mol. The number of allylic oxidation sites excluding steroid dienone is 4. The smallest absolute Gasteiger partial charge is 0.143 e. The van der Waals surface area contributed by atoms with E-state index in [0.29, 0.717) is 0 Å². The first-order valence-electron chi connectivity index (χ1n) is 18.9. The Morgan fingerprint density at radius 2 is 0.927 bits per heavy atom. The van der Waals surface area contributed by atoms with Crippen LogP contribution < -0.4 is 0 Å². The Labute approximate surface area is 318 Å². The number of fused-ring (bicyclic) bond motifs is 9. The van der Waals surface area contributed by atoms with Crippen molar-refractivity contribution in [1.29, 1.82) is 0 Å². The molecule has 0 fully saturated rings. The highest BCUT2D eigenvalue weighted by Gasteiger charge is 2.20. The lowest BCUT2D eigenvalue weighted by atomic mass is 9.89. The van der Waals surface area contributed by atoms with Crippen LogP contribution in [0.3, 0.4) is 0 Å². The van der Waals surface area contributed by atoms with Crippen molar-refractivity contribution in [1.82, 2.24) is 9.97 Å². The number of hydrogen-bond donors (Lipinski definition) is 0. The Morgan fingerprint density at radius 1 is 0.418 bits per heavy atom. The van der Waals surface area contributed by atoms with Gasteiger partial charge in [0.15, 0.2) is 0 Å². The van der Waals surface area contributed by atoms with Crippen LogP contribution in [-0.4, -0.2) is 9.97 Å². The van der Waals surface area contributed by atoms with Gasteiger partial charge in [-0.2, -0.15) is 0 Å². The molecular formula is C52H34N2O. The number of rotatable bonds is 5. The number of para-hydroxylation sites is 2. The highest BCUT2D eigenvalue weighted by molar-refractivity contribution is 6.29. The van der Waals surface area contributed by atoms with Gasteiger partial charge in [0.05, 0.1) is 11.4 Å². The second-order valence-corrected chi connectivity index (χ2v) is 14.4. The molecule has 0 saturated heterocycles. The van der Waals surface area contributed by atoms with E-state index >= 15 is 0 Å². The maximum Gasteiger partial charge on any atom is 0.143 e. The van der Waals surface area contributed by atoms with Gasteiger partial charge in [-0.1, -0.05) is 182 Å². The molecule has 8 aromatic carbocycles. The van der Waals surface area contributed by atoms with Crippen LogP contribution in [0.2, 0.25) is 0 Å². The molecule has 1 unspecified atom stereocenters. The summed E-state index contributed by atoms with van der Waals surface area (Å²) in [6, 6.07) is 58.4. The fraction of sp³-hybridized carbons (Fsp3) is 0.0385. The first kappa shape index (κ1) is 31.4. The molecule has 3 heteroatoms. The third kappa shape index (κ3) is 5.20. The van der Waals surface area contributed by atoms with Gasteiger partial charge >= 0.3 is 0 Å². The Hall–Kier alpha value is -7.10. The average molecular weight is 703 g/mol. The third-order valence-electron chi connectivity index (χ3n) is 11.2. The lowest BCUT2D eigenvalue weighted by Crippen LogP contribution is -2.05. The van der Waals surface area contributed by atoms with E-state index in [-0.39, 0.29) is 5.92 Å². The Balaban J connectivity index is 1.04. The van der Waals surface area contributed by atoms with Crippen molar-refractivity contribution in [3.8, 4) is 44.8 Å². The third-order valence-corrected chi connectivity index (χ3v) is 11.2. The zero-order valence-corrected chi connectivity index (χ0v) is 30.0. The van der Waals surface area contributed by atoms with Crippen LogP contribution in [0.1, 0.15) is 18.2 Å². The second-order valence-electron chi connectivity index (χ2n) is 14.4. The van der Waals surface area contributed by atoms with Gasteiger partial charge in [0.1, 0.15) is 17.0 Å². The van der Waals surface area contributed by atoms with E-state index in [4.69, 9.17) is 14.4 Å². The molecule has 3 nitrogen and oxygen atoms in total. The molecule has 1 aliphatic rings. The standard InChI is InChI=1S/C52H34N2O/c1-3-14-34(15-4-1)47-32-48(54-52(53-47)36-16-5-2-6-17-36)35-30-28-33(29-31-35)37-22-11-26-45-46-27-13-25-44(51(46)55-50(37)45)43-24-12-23-42-40-19-8-7-18-38(40)39-20-9-10-21-41(39)49(42)43/h1-16,18-32,36H,17H2. The summed E-state index contributed by atoms with van der Waals surface area (Å²) in [6.45, 7) is 0. The molecule has 11 rings (SSSR count). The van der Waals surface area contributed by atoms with E-state index in [2.05, 4.69) is 182 Å². The number of benzene rings is 8. The van der Waals surface area contributed by atoms with Gasteiger partial charge in [0.2, 0.25) is 0 Å². The minimum Gasteiger partial charge on any atom is -0.455 e. The number of aromatic nitrogens is 2. The van der Waals surface area contributed by atoms with E-state index in [1.807, 2.05) is 6.07 Å². The summed E-state index contributed by atoms with van der Waals surface area (Å²) >= 11 is 0. The van der Waals surface area contributed by atoms with Crippen LogP contribution in [0.4, 0.5) is 0 Å². The molecule has 0 amide bonds. The predicted octanol–water partition coefficient (Wildman–Crippen LogP) is 14.1. The molecule has 0 radical (unpaired) electrons. The van der Waals surface area contributed by atoms with Crippen LogP contribution in [0, 0.1) is 0 Å². The SMILES string of the molecule is C1=CCC(c2nc(-c3ccccc3)cc(-c3ccc(-c4cccc5c4oc4c(-c6cccc7c8ccccc8c8ccccc8c67)cccc45)cc3)n2)C=C1. The van der Waals surface area contributed by atoms with Gasteiger partial charge in [-0.05, 0) is 55.9 Å². The molecule has 0 spiro atoms. The van der Waals surface area contributed by atoms with E-state index in [9.17, 15) is 0 Å². The van der Waals surface area contributed by atoms with Crippen molar-refractivity contribution in [2.45, 2.75) is 12.3 Å². The summed E-state index contributed by atoms with van der Waals surface area (Å²) in [5.74, 6) is 0.991. The van der Waals surface area contributed by atoms with Crippen molar-refractivity contribution in [2.24, 2.45) is 0 Å². The molecule has 2 heterocycles. The molecule has 1 atom stereocenters. The summed E-state index contributed by atoms with van der Waals surface area (Å²) in [7, 11) is 0. The fourth-order valence-corrected chi connectivity index (χ4v) is 8.57. The van der Waals surface area contributed by atoms with Crippen LogP contribution in [0.5, 0.6) is 0 Å². The van der Waals surface area contributed by atoms with Gasteiger partial charge in [-0.15, -0.1) is 0 Å². The number of furan rings is 1. The van der Waals surface area contributed by atoms with Crippen LogP contribution in [0.15, 0.2) is 193 Å². The van der Waals surface area contributed by atoms with Gasteiger partial charge in [-0.3, -0.25) is 0 Å². The van der Waals surface area contributed by atoms with Gasteiger partial charge in [0.25, 0.3) is 0 Å². The number of nitrogens with zero attached hydrogens (tertiary/aromatic N) is 2. The minimum absolute atomic E-state index is 0.147. The summed E-state index contributed by atoms with van der Waals surface area (Å²) in [4.78, 5) is 10.2. The molecule has 258 valence electrons. The lowest BCUT2D eigenvalue weighted by Gasteiger charge is -2.15. The Bertz CT molecular complexity index is 3130. The number of hydrogen-bond acceptors (Lipinski definition) is 3. The maximum atomic E-state index is 7.00. The highest BCUT2D eigenvalue weighted by atomic mass is 16.3. The Morgan fingerprint density at radius 3 is 1.58 bits per heavy atom. The molecule has 0 N–H and O–H groups in total. The zero-order chi connectivity index (χ0) is 36.3. The van der Waals surface area contributed by atoms with Crippen molar-refractivity contribution >= 4 is 54.3 Å². The summed E-state index contributed by atoms with van der Waals surface area (Å²) in [5.41, 5.74) is 10.2. The fourth-order valence-electron chi connectivity index (χ4n) is 8.57. The molecule has 1 aliphatic carbocycles. The zero-order valence-electron chi connectivity index (χ0n) is 30.0. The molecule has 55 heavy (non-hydrogen) atoms. The van der Waals surface area contributed by atoms with Crippen molar-refractivity contribution in [3.05, 3.63) is 194 Å². The summed E-state index contributed by atoms with van der Waals surface area (Å²) < 4.78 is 7.00. The van der Waals surface area contributed by atoms with Crippen LogP contribution >= 0.6 is 0 Å². The maximum absolute atomic E-state index is 7.00. The predicted molar refractivity (Wildman–Crippen MR) is 229 cm³/mol. The molecule has 0 bridgehead atoms. The van der Waals surface area contributed by atoms with E-state index in [1.54, 1.807) is 0 Å². The average Bonchev–Trinajstić information content (AvgIpc) is 3.66. The van der Waals surface area contributed by atoms with Gasteiger partial charge < -0.3 is 4.42 Å². The van der Waals surface area contributed by atoms with E-state index in [0.717, 1.165) is 73.4 Å². The summed E-state index contributed by atoms with van der Waals surface area (Å²) in [5, 5.41) is 9.77. The molecule has 0 aliphatic heterocycles. The largest absolute Gasteiger partial charge is 0.455 e. The van der Waals surface area contributed by atoms with Crippen LogP contribution in [0.25, 0.3) is 99.0 Å². The second kappa shape index (κ2) is 12.8. The van der Waals surface area contributed by atoms with Gasteiger partial charge in [-0.25, -0.2) is 9.97 Å². The summed E-state index contributed by atoms with van der Waals surface area (Å²) in [6.07, 6.45) is 9.46. The first-order valence-corrected chi connectivity index (χ1v) is 18.9. The van der Waals surface area contributed by atoms with Gasteiger partial charge in [0, 0.05) is 38.9 Å². The highest BCUT2D eigenvalue weighted by Crippen LogP contribution is 2.45. The van der Waals surface area contributed by atoms with E-state index in [1.165, 1.54) is 37.9 Å². The normalized spacial score (nSPS) is 14.1. The van der Waals surface area contributed by atoms with E-state index < -0.39 is 0 Å². The quantitative estimate of drug-likeness (QED) is 0.168. The first-order chi connectivity index (χ1) is 27.3. The molecule has 2 aromatic heterocycles. The van der Waals surface area contributed by atoms with Crippen molar-refractivity contribution < 1.29 is 4.42 Å². The van der Waals surface area contributed by atoms with Crippen molar-refractivity contribution in [3.63, 3.8) is 0 Å². The molecule has 10 aromatic rings. The van der Waals surface area contributed by atoms with Crippen molar-refractivity contribution in [2.75, 3.05) is 0 Å². The lowest BCUT2D eigenvalue weighted by molar-refractivity contribution is 0.671. The Kier molecular flexibility index (Phi) is 7.31. The monoisotopic (exact) mass is 702 g/mol. The van der Waals surface area contributed by atoms with Crippen LogP contribution in [-0.2, 0) is 0 Å². The topological polar surface area (TPSA) is 38.9 Å². The molecule has 0 saturated carbocycles. The minimum atomic E-state index is 0.147.